The molecule has 0 fully saturated rings. The molecule has 1 aliphatic heterocycles. The smallest absolute Gasteiger partial charge is 0.255 e. The van der Waals surface area contributed by atoms with Crippen molar-refractivity contribution in [1.29, 1.82) is 5.26 Å². The molecule has 5 nitrogen and oxygen atoms in total. The number of rotatable bonds is 4. The Morgan fingerprint density at radius 3 is 2.55 bits per heavy atom. The first kappa shape index (κ1) is 14.2. The van der Waals surface area contributed by atoms with E-state index in [9.17, 15) is 10.1 Å². The molecule has 1 atom stereocenters. The molecule has 1 amide bonds. The molecular weight excluding hydrogens is 256 g/mol. The lowest BCUT2D eigenvalue weighted by molar-refractivity contribution is 0.0736. The summed E-state index contributed by atoms with van der Waals surface area (Å²) in [4.78, 5) is 14.1. The number of ether oxygens (including phenoxy) is 2. The van der Waals surface area contributed by atoms with Crippen molar-refractivity contribution in [2.24, 2.45) is 5.92 Å². The van der Waals surface area contributed by atoms with Crippen LogP contribution in [-0.2, 0) is 0 Å². The molecule has 0 bridgehead atoms. The number of nitriles is 1. The molecular formula is C15H18N2O3. The molecule has 0 saturated heterocycles. The monoisotopic (exact) mass is 274 g/mol. The quantitative estimate of drug-likeness (QED) is 0.845. The Bertz CT molecular complexity index is 575. The van der Waals surface area contributed by atoms with Crippen LogP contribution in [0.3, 0.4) is 0 Å². The largest absolute Gasteiger partial charge is 0.497 e. The summed E-state index contributed by atoms with van der Waals surface area (Å²) >= 11 is 0. The first-order valence-corrected chi connectivity index (χ1v) is 6.50. The molecule has 0 radical (unpaired) electrons. The summed E-state index contributed by atoms with van der Waals surface area (Å²) in [5.74, 6) is 1.22. The standard InChI is InChI=1S/C15H18N2O3/c1-9(2)8-17-12(7-16)14-11(15(17)18)5-10(19-3)6-13(14)20-4/h5-6,9,12H,8H2,1-4H3. The molecule has 5 heteroatoms. The molecule has 1 heterocycles. The van der Waals surface area contributed by atoms with E-state index in [0.717, 1.165) is 0 Å². The molecule has 0 aliphatic carbocycles. The van der Waals surface area contributed by atoms with Crippen LogP contribution < -0.4 is 9.47 Å². The van der Waals surface area contributed by atoms with Gasteiger partial charge in [-0.15, -0.1) is 0 Å². The number of carbonyl (C=O) groups is 1. The normalized spacial score (nSPS) is 17.1. The van der Waals surface area contributed by atoms with Crippen molar-refractivity contribution in [3.8, 4) is 17.6 Å². The van der Waals surface area contributed by atoms with E-state index in [1.165, 1.54) is 14.2 Å². The zero-order valence-corrected chi connectivity index (χ0v) is 12.1. The van der Waals surface area contributed by atoms with Crippen LogP contribution in [0.4, 0.5) is 0 Å². The topological polar surface area (TPSA) is 62.6 Å². The lowest BCUT2D eigenvalue weighted by Gasteiger charge is -2.22. The van der Waals surface area contributed by atoms with Crippen molar-refractivity contribution in [2.75, 3.05) is 20.8 Å². The summed E-state index contributed by atoms with van der Waals surface area (Å²) in [5.41, 5.74) is 1.13. The number of hydrogen-bond donors (Lipinski definition) is 0. The van der Waals surface area contributed by atoms with Gasteiger partial charge in [0.1, 0.15) is 17.5 Å². The number of amides is 1. The van der Waals surface area contributed by atoms with Crippen molar-refractivity contribution in [3.63, 3.8) is 0 Å². The zero-order chi connectivity index (χ0) is 14.9. The van der Waals surface area contributed by atoms with Gasteiger partial charge in [-0.1, -0.05) is 13.8 Å². The third kappa shape index (κ3) is 2.18. The minimum Gasteiger partial charge on any atom is -0.497 e. The van der Waals surface area contributed by atoms with Gasteiger partial charge < -0.3 is 14.4 Å². The zero-order valence-electron chi connectivity index (χ0n) is 12.1. The van der Waals surface area contributed by atoms with Gasteiger partial charge >= 0.3 is 0 Å². The van der Waals surface area contributed by atoms with Crippen LogP contribution in [0.25, 0.3) is 0 Å². The second-order valence-corrected chi connectivity index (χ2v) is 5.17. The fraction of sp³-hybridized carbons (Fsp3) is 0.467. The van der Waals surface area contributed by atoms with E-state index in [-0.39, 0.29) is 11.8 Å². The highest BCUT2D eigenvalue weighted by molar-refractivity contribution is 6.01. The van der Waals surface area contributed by atoms with Crippen molar-refractivity contribution in [2.45, 2.75) is 19.9 Å². The van der Waals surface area contributed by atoms with Crippen LogP contribution in [0.2, 0.25) is 0 Å². The fourth-order valence-electron chi connectivity index (χ4n) is 2.49. The van der Waals surface area contributed by atoms with Crippen LogP contribution in [0, 0.1) is 17.2 Å². The summed E-state index contributed by atoms with van der Waals surface area (Å²) in [6.45, 7) is 4.57. The molecule has 0 N–H and O–H groups in total. The minimum atomic E-state index is -0.597. The van der Waals surface area contributed by atoms with Crippen LogP contribution in [0.15, 0.2) is 12.1 Å². The summed E-state index contributed by atoms with van der Waals surface area (Å²) in [7, 11) is 3.06. The van der Waals surface area contributed by atoms with E-state index in [1.807, 2.05) is 13.8 Å². The lowest BCUT2D eigenvalue weighted by Crippen LogP contribution is -2.31. The lowest BCUT2D eigenvalue weighted by atomic mass is 10.0. The van der Waals surface area contributed by atoms with E-state index < -0.39 is 6.04 Å². The second-order valence-electron chi connectivity index (χ2n) is 5.17. The van der Waals surface area contributed by atoms with Crippen LogP contribution in [0.1, 0.15) is 35.8 Å². The second kappa shape index (κ2) is 5.41. The predicted octanol–water partition coefficient (Wildman–Crippen LogP) is 2.38. The highest BCUT2D eigenvalue weighted by atomic mass is 16.5. The number of benzene rings is 1. The van der Waals surface area contributed by atoms with E-state index in [1.54, 1.807) is 17.0 Å². The van der Waals surface area contributed by atoms with Gasteiger partial charge in [-0.2, -0.15) is 5.26 Å². The Morgan fingerprint density at radius 1 is 1.35 bits per heavy atom. The van der Waals surface area contributed by atoms with Crippen LogP contribution in [-0.4, -0.2) is 31.6 Å². The predicted molar refractivity (Wildman–Crippen MR) is 73.8 cm³/mol. The third-order valence-electron chi connectivity index (χ3n) is 3.33. The molecule has 1 aromatic rings. The molecule has 0 saturated carbocycles. The maximum atomic E-state index is 12.5. The van der Waals surface area contributed by atoms with E-state index >= 15 is 0 Å². The Balaban J connectivity index is 2.56. The van der Waals surface area contributed by atoms with E-state index in [0.29, 0.717) is 29.2 Å². The molecule has 1 aliphatic rings. The SMILES string of the molecule is COc1cc(OC)c2c(c1)C(=O)N(CC(C)C)C2C#N. The molecule has 1 aromatic carbocycles. The van der Waals surface area contributed by atoms with Gasteiger partial charge in [0.05, 0.1) is 25.9 Å². The average Bonchev–Trinajstić information content (AvgIpc) is 2.70. The summed E-state index contributed by atoms with van der Waals surface area (Å²) < 4.78 is 10.5. The number of fused-ring (bicyclic) bond motifs is 1. The summed E-state index contributed by atoms with van der Waals surface area (Å²) in [5, 5.41) is 9.43. The Morgan fingerprint density at radius 2 is 2.05 bits per heavy atom. The molecule has 0 spiro atoms. The van der Waals surface area contributed by atoms with Crippen LogP contribution >= 0.6 is 0 Å². The maximum absolute atomic E-state index is 12.5. The summed E-state index contributed by atoms with van der Waals surface area (Å²) in [6, 6.07) is 4.98. The van der Waals surface area contributed by atoms with Crippen molar-refractivity contribution >= 4 is 5.91 Å². The van der Waals surface area contributed by atoms with Gasteiger partial charge in [0, 0.05) is 18.2 Å². The highest BCUT2D eigenvalue weighted by Crippen LogP contribution is 2.42. The van der Waals surface area contributed by atoms with E-state index in [2.05, 4.69) is 6.07 Å². The van der Waals surface area contributed by atoms with Crippen molar-refractivity contribution < 1.29 is 14.3 Å². The first-order chi connectivity index (χ1) is 9.53. The maximum Gasteiger partial charge on any atom is 0.255 e. The molecule has 1 unspecified atom stereocenters. The summed E-state index contributed by atoms with van der Waals surface area (Å²) in [6.07, 6.45) is 0. The van der Waals surface area contributed by atoms with Gasteiger partial charge in [-0.25, -0.2) is 0 Å². The van der Waals surface area contributed by atoms with E-state index in [4.69, 9.17) is 9.47 Å². The van der Waals surface area contributed by atoms with Crippen molar-refractivity contribution in [3.05, 3.63) is 23.3 Å². The molecule has 0 aromatic heterocycles. The number of hydrogen-bond acceptors (Lipinski definition) is 4. The van der Waals surface area contributed by atoms with Gasteiger partial charge in [0.25, 0.3) is 5.91 Å². The molecule has 106 valence electrons. The number of nitrogens with zero attached hydrogens (tertiary/aromatic N) is 2. The third-order valence-corrected chi connectivity index (χ3v) is 3.33. The fourth-order valence-corrected chi connectivity index (χ4v) is 2.49. The molecule has 2 rings (SSSR count). The Kier molecular flexibility index (Phi) is 3.84. The van der Waals surface area contributed by atoms with Gasteiger partial charge in [0.15, 0.2) is 0 Å². The van der Waals surface area contributed by atoms with Crippen molar-refractivity contribution in [1.82, 2.24) is 4.90 Å². The Labute approximate surface area is 118 Å². The van der Waals surface area contributed by atoms with Gasteiger partial charge in [-0.05, 0) is 12.0 Å². The van der Waals surface area contributed by atoms with Crippen LogP contribution in [0.5, 0.6) is 11.5 Å². The van der Waals surface area contributed by atoms with Gasteiger partial charge in [0.2, 0.25) is 0 Å². The highest BCUT2D eigenvalue weighted by Gasteiger charge is 2.40. The Hall–Kier alpha value is -2.22. The minimum absolute atomic E-state index is 0.141. The van der Waals surface area contributed by atoms with Gasteiger partial charge in [-0.3, -0.25) is 4.79 Å². The molecule has 20 heavy (non-hydrogen) atoms. The first-order valence-electron chi connectivity index (χ1n) is 6.50. The number of methoxy groups -OCH3 is 2. The average molecular weight is 274 g/mol. The number of carbonyl (C=O) groups excluding carboxylic acids is 1.